The summed E-state index contributed by atoms with van der Waals surface area (Å²) >= 11 is 0. The molecule has 128 valence electrons. The van der Waals surface area contributed by atoms with Crippen LogP contribution in [-0.2, 0) is 10.1 Å². The Morgan fingerprint density at radius 1 is 1.00 bits per heavy atom. The summed E-state index contributed by atoms with van der Waals surface area (Å²) in [5.41, 5.74) is 6.54. The van der Waals surface area contributed by atoms with E-state index in [-0.39, 0.29) is 27.1 Å². The molecule has 0 unspecified atom stereocenters. The van der Waals surface area contributed by atoms with Gasteiger partial charge in [0.15, 0.2) is 0 Å². The van der Waals surface area contributed by atoms with Crippen LogP contribution in [0.2, 0.25) is 0 Å². The number of nitrogens with one attached hydrogen (secondary N) is 1. The summed E-state index contributed by atoms with van der Waals surface area (Å²) in [6, 6.07) is 13.1. The predicted octanol–water partition coefficient (Wildman–Crippen LogP) is 2.63. The number of aromatic hydroxyl groups is 1. The van der Waals surface area contributed by atoms with Crippen molar-refractivity contribution in [1.82, 2.24) is 0 Å². The highest BCUT2D eigenvalue weighted by atomic mass is 32.2. The van der Waals surface area contributed by atoms with Crippen molar-refractivity contribution < 1.29 is 22.9 Å². The minimum absolute atomic E-state index is 0.0906. The molecule has 0 aromatic heterocycles. The average Bonchev–Trinajstić information content (AvgIpc) is 2.53. The first-order chi connectivity index (χ1) is 11.8. The van der Waals surface area contributed by atoms with E-state index < -0.39 is 16.0 Å². The highest BCUT2D eigenvalue weighted by Gasteiger charge is 2.17. The Balaban J connectivity index is 2.07. The topological polar surface area (TPSA) is 130 Å². The van der Waals surface area contributed by atoms with Crippen molar-refractivity contribution in [2.75, 3.05) is 11.1 Å². The third-order valence-corrected chi connectivity index (χ3v) is 4.53. The largest absolute Gasteiger partial charge is 0.507 e. The van der Waals surface area contributed by atoms with Crippen molar-refractivity contribution in [1.29, 1.82) is 0 Å². The zero-order valence-corrected chi connectivity index (χ0v) is 13.6. The number of nitrogens with two attached hydrogens (primary N) is 1. The van der Waals surface area contributed by atoms with Crippen LogP contribution in [0.5, 0.6) is 5.75 Å². The molecule has 0 aliphatic carbocycles. The number of benzene rings is 3. The van der Waals surface area contributed by atoms with Gasteiger partial charge >= 0.3 is 0 Å². The average molecular weight is 358 g/mol. The number of carbonyl (C=O) groups excluding carboxylic acids is 1. The molecule has 3 aromatic rings. The maximum Gasteiger partial charge on any atom is 0.295 e. The van der Waals surface area contributed by atoms with E-state index in [1.54, 1.807) is 18.2 Å². The molecule has 25 heavy (non-hydrogen) atoms. The lowest BCUT2D eigenvalue weighted by Gasteiger charge is -2.10. The zero-order chi connectivity index (χ0) is 18.2. The Morgan fingerprint density at radius 2 is 1.72 bits per heavy atom. The van der Waals surface area contributed by atoms with Crippen molar-refractivity contribution in [2.45, 2.75) is 4.90 Å². The van der Waals surface area contributed by atoms with Crippen LogP contribution in [0.4, 0.5) is 11.4 Å². The molecule has 0 aliphatic heterocycles. The molecule has 3 rings (SSSR count). The molecule has 0 bridgehead atoms. The molecule has 0 aliphatic rings. The number of phenols is 1. The SMILES string of the molecule is Nc1cccc(C(=O)Nc2cc(O)c3cccc(S(=O)(=O)O)c3c2)c1. The molecule has 3 aromatic carbocycles. The first-order valence-corrected chi connectivity index (χ1v) is 8.60. The smallest absolute Gasteiger partial charge is 0.295 e. The van der Waals surface area contributed by atoms with Gasteiger partial charge in [0.2, 0.25) is 0 Å². The Labute approximate surface area is 143 Å². The maximum atomic E-state index is 12.3. The fourth-order valence-corrected chi connectivity index (χ4v) is 3.22. The molecule has 0 saturated heterocycles. The number of hydrogen-bond acceptors (Lipinski definition) is 5. The van der Waals surface area contributed by atoms with Gasteiger partial charge in [-0.3, -0.25) is 9.35 Å². The van der Waals surface area contributed by atoms with Crippen molar-refractivity contribution in [3.05, 3.63) is 60.2 Å². The molecule has 7 nitrogen and oxygen atoms in total. The third-order valence-electron chi connectivity index (χ3n) is 3.62. The highest BCUT2D eigenvalue weighted by molar-refractivity contribution is 7.86. The molecule has 0 atom stereocenters. The number of nitrogen functional groups attached to an aromatic ring is 1. The molecule has 5 N–H and O–H groups in total. The Kier molecular flexibility index (Phi) is 4.07. The molecule has 8 heteroatoms. The molecule has 0 fully saturated rings. The molecule has 1 amide bonds. The van der Waals surface area contributed by atoms with Crippen LogP contribution in [0.3, 0.4) is 0 Å². The first kappa shape index (κ1) is 16.7. The van der Waals surface area contributed by atoms with Crippen LogP contribution >= 0.6 is 0 Å². The van der Waals surface area contributed by atoms with Crippen LogP contribution in [0.15, 0.2) is 59.5 Å². The Morgan fingerprint density at radius 3 is 2.40 bits per heavy atom. The lowest BCUT2D eigenvalue weighted by molar-refractivity contribution is 0.102. The van der Waals surface area contributed by atoms with Crippen molar-refractivity contribution >= 4 is 38.2 Å². The third kappa shape index (κ3) is 3.39. The fourth-order valence-electron chi connectivity index (χ4n) is 2.52. The van der Waals surface area contributed by atoms with Gasteiger partial charge in [-0.05, 0) is 30.3 Å². The highest BCUT2D eigenvalue weighted by Crippen LogP contribution is 2.33. The van der Waals surface area contributed by atoms with Gasteiger partial charge in [0.05, 0.1) is 0 Å². The molecule has 0 spiro atoms. The van der Waals surface area contributed by atoms with E-state index in [2.05, 4.69) is 5.32 Å². The van der Waals surface area contributed by atoms with Crippen molar-refractivity contribution in [3.63, 3.8) is 0 Å². The summed E-state index contributed by atoms with van der Waals surface area (Å²) in [4.78, 5) is 11.9. The minimum Gasteiger partial charge on any atom is -0.507 e. The van der Waals surface area contributed by atoms with Gasteiger partial charge < -0.3 is 16.2 Å². The van der Waals surface area contributed by atoms with E-state index in [1.165, 1.54) is 36.4 Å². The summed E-state index contributed by atoms with van der Waals surface area (Å²) < 4.78 is 32.4. The number of fused-ring (bicyclic) bond motifs is 1. The number of anilines is 2. The normalized spacial score (nSPS) is 11.4. The van der Waals surface area contributed by atoms with Crippen LogP contribution in [0, 0.1) is 0 Å². The Hall–Kier alpha value is -3.10. The zero-order valence-electron chi connectivity index (χ0n) is 12.8. The quantitative estimate of drug-likeness (QED) is 0.421. The van der Waals surface area contributed by atoms with E-state index in [0.29, 0.717) is 11.3 Å². The summed E-state index contributed by atoms with van der Waals surface area (Å²) in [6.45, 7) is 0. The lowest BCUT2D eigenvalue weighted by atomic mass is 10.1. The molecular weight excluding hydrogens is 344 g/mol. The number of hydrogen-bond donors (Lipinski definition) is 4. The van der Waals surface area contributed by atoms with Crippen LogP contribution in [-0.4, -0.2) is 24.0 Å². The van der Waals surface area contributed by atoms with Gasteiger partial charge in [0, 0.05) is 33.8 Å². The molecule has 0 heterocycles. The van der Waals surface area contributed by atoms with Gasteiger partial charge in [-0.2, -0.15) is 8.42 Å². The number of carbonyl (C=O) groups is 1. The van der Waals surface area contributed by atoms with Gasteiger partial charge in [-0.1, -0.05) is 18.2 Å². The van der Waals surface area contributed by atoms with Gasteiger partial charge in [-0.25, -0.2) is 0 Å². The summed E-state index contributed by atoms with van der Waals surface area (Å²) in [6.07, 6.45) is 0. The summed E-state index contributed by atoms with van der Waals surface area (Å²) in [7, 11) is -4.49. The number of amides is 1. The maximum absolute atomic E-state index is 12.3. The fraction of sp³-hybridized carbons (Fsp3) is 0. The predicted molar refractivity (Wildman–Crippen MR) is 94.2 cm³/mol. The second-order valence-electron chi connectivity index (χ2n) is 5.40. The van der Waals surface area contributed by atoms with E-state index in [9.17, 15) is 22.9 Å². The second-order valence-corrected chi connectivity index (χ2v) is 6.79. The lowest BCUT2D eigenvalue weighted by Crippen LogP contribution is -2.12. The van der Waals surface area contributed by atoms with Gasteiger partial charge in [0.25, 0.3) is 16.0 Å². The van der Waals surface area contributed by atoms with Crippen LogP contribution in [0.25, 0.3) is 10.8 Å². The molecule has 0 saturated carbocycles. The summed E-state index contributed by atoms with van der Waals surface area (Å²) in [5, 5.41) is 13.0. The Bertz CT molecular complexity index is 1090. The minimum atomic E-state index is -4.49. The van der Waals surface area contributed by atoms with E-state index in [4.69, 9.17) is 5.73 Å². The number of phenolic OH excluding ortho intramolecular Hbond substituents is 1. The van der Waals surface area contributed by atoms with Crippen LogP contribution in [0.1, 0.15) is 10.4 Å². The van der Waals surface area contributed by atoms with Crippen molar-refractivity contribution in [2.24, 2.45) is 0 Å². The van der Waals surface area contributed by atoms with Crippen LogP contribution < -0.4 is 11.1 Å². The molecule has 0 radical (unpaired) electrons. The van der Waals surface area contributed by atoms with E-state index >= 15 is 0 Å². The van der Waals surface area contributed by atoms with Gasteiger partial charge in [-0.15, -0.1) is 0 Å². The monoisotopic (exact) mass is 358 g/mol. The van der Waals surface area contributed by atoms with Gasteiger partial charge in [0.1, 0.15) is 10.6 Å². The number of rotatable bonds is 3. The van der Waals surface area contributed by atoms with Crippen molar-refractivity contribution in [3.8, 4) is 5.75 Å². The standard InChI is InChI=1S/C17H14N2O5S/c18-11-4-1-3-10(7-11)17(21)19-12-8-14-13(15(20)9-12)5-2-6-16(14)25(22,23)24/h1-9,20H,18H2,(H,19,21)(H,22,23,24). The first-order valence-electron chi connectivity index (χ1n) is 7.16. The molecular formula is C17H14N2O5S. The second kappa shape index (κ2) is 6.08. The summed E-state index contributed by atoms with van der Waals surface area (Å²) in [5.74, 6) is -0.707. The van der Waals surface area contributed by atoms with E-state index in [1.807, 2.05) is 0 Å². The van der Waals surface area contributed by atoms with E-state index in [0.717, 1.165) is 0 Å².